The van der Waals surface area contributed by atoms with Crippen LogP contribution in [0.5, 0.6) is 0 Å². The Hall–Kier alpha value is -3.28. The maximum atomic E-state index is 13.0. The summed E-state index contributed by atoms with van der Waals surface area (Å²) in [5, 5.41) is 15.9. The van der Waals surface area contributed by atoms with Crippen molar-refractivity contribution in [2.24, 2.45) is 0 Å². The molecule has 0 bridgehead atoms. The fourth-order valence-corrected chi connectivity index (χ4v) is 4.31. The van der Waals surface area contributed by atoms with E-state index >= 15 is 0 Å². The quantitative estimate of drug-likeness (QED) is 0.519. The van der Waals surface area contributed by atoms with Crippen LogP contribution in [0.25, 0.3) is 27.5 Å². The molecule has 1 aliphatic rings. The summed E-state index contributed by atoms with van der Waals surface area (Å²) >= 11 is 0. The number of piperidine rings is 1. The van der Waals surface area contributed by atoms with Crippen LogP contribution in [0.2, 0.25) is 0 Å². The lowest BCUT2D eigenvalue weighted by molar-refractivity contribution is 0.0715. The third-order valence-corrected chi connectivity index (χ3v) is 5.85. The summed E-state index contributed by atoms with van der Waals surface area (Å²) in [4.78, 5) is 14.9. The standard InChI is InChI=1S/C23H23N5O/c1-15-20(19-12-8-10-17-9-4-5-11-18(17)19)22-25-24-21(16(2)28(22)26-15)23(29)27-13-6-3-7-14-27/h4-5,8-12H,3,6-7,13-14H2,1-2H3. The first-order valence-corrected chi connectivity index (χ1v) is 10.1. The lowest BCUT2D eigenvalue weighted by Gasteiger charge is -2.26. The highest BCUT2D eigenvalue weighted by molar-refractivity contribution is 6.00. The molecule has 0 saturated carbocycles. The van der Waals surface area contributed by atoms with Gasteiger partial charge in [-0.05, 0) is 49.4 Å². The molecule has 1 fully saturated rings. The summed E-state index contributed by atoms with van der Waals surface area (Å²) in [6, 6.07) is 14.5. The van der Waals surface area contributed by atoms with E-state index in [4.69, 9.17) is 5.10 Å². The zero-order chi connectivity index (χ0) is 20.0. The second-order valence-corrected chi connectivity index (χ2v) is 7.71. The molecule has 1 aliphatic heterocycles. The van der Waals surface area contributed by atoms with Crippen LogP contribution in [0.3, 0.4) is 0 Å². The molecule has 0 aliphatic carbocycles. The van der Waals surface area contributed by atoms with Crippen LogP contribution in [0.1, 0.15) is 41.1 Å². The highest BCUT2D eigenvalue weighted by atomic mass is 16.2. The van der Waals surface area contributed by atoms with Gasteiger partial charge in [0.2, 0.25) is 0 Å². The molecule has 0 atom stereocenters. The number of hydrogen-bond acceptors (Lipinski definition) is 4. The summed E-state index contributed by atoms with van der Waals surface area (Å²) in [7, 11) is 0. The first-order chi connectivity index (χ1) is 14.1. The Balaban J connectivity index is 1.66. The van der Waals surface area contributed by atoms with Crippen molar-refractivity contribution >= 4 is 22.3 Å². The summed E-state index contributed by atoms with van der Waals surface area (Å²) in [6.45, 7) is 5.46. The van der Waals surface area contributed by atoms with Gasteiger partial charge in [0.1, 0.15) is 0 Å². The Morgan fingerprint density at radius 2 is 1.69 bits per heavy atom. The number of carbonyl (C=O) groups excluding carboxylic acids is 1. The van der Waals surface area contributed by atoms with Crippen molar-refractivity contribution in [3.05, 3.63) is 59.5 Å². The molecule has 1 saturated heterocycles. The maximum absolute atomic E-state index is 13.0. The fraction of sp³-hybridized carbons (Fsp3) is 0.304. The summed E-state index contributed by atoms with van der Waals surface area (Å²) < 4.78 is 1.77. The molecule has 0 radical (unpaired) electrons. The smallest absolute Gasteiger partial charge is 0.276 e. The first kappa shape index (κ1) is 17.8. The Bertz CT molecular complexity index is 1230. The third-order valence-electron chi connectivity index (χ3n) is 5.85. The first-order valence-electron chi connectivity index (χ1n) is 10.1. The zero-order valence-electron chi connectivity index (χ0n) is 16.7. The van der Waals surface area contributed by atoms with E-state index in [1.54, 1.807) is 4.52 Å². The summed E-state index contributed by atoms with van der Waals surface area (Å²) in [5.41, 5.74) is 4.74. The molecular formula is C23H23N5O. The number of aromatic nitrogens is 4. The van der Waals surface area contributed by atoms with Crippen LogP contribution in [-0.2, 0) is 0 Å². The van der Waals surface area contributed by atoms with Gasteiger partial charge in [0.25, 0.3) is 5.91 Å². The Kier molecular flexibility index (Phi) is 4.27. The molecule has 4 aromatic rings. The van der Waals surface area contributed by atoms with Gasteiger partial charge in [0, 0.05) is 13.1 Å². The highest BCUT2D eigenvalue weighted by Crippen LogP contribution is 2.33. The molecule has 6 nitrogen and oxygen atoms in total. The minimum atomic E-state index is -0.0449. The minimum Gasteiger partial charge on any atom is -0.337 e. The number of likely N-dealkylation sites (tertiary alicyclic amines) is 1. The SMILES string of the molecule is Cc1nn2c(C)c(C(=O)N3CCCCC3)nnc2c1-c1cccc2ccccc12. The van der Waals surface area contributed by atoms with Gasteiger partial charge in [-0.3, -0.25) is 4.79 Å². The molecule has 0 spiro atoms. The molecule has 5 rings (SSSR count). The number of nitrogens with zero attached hydrogens (tertiary/aromatic N) is 5. The molecule has 0 unspecified atom stereocenters. The molecular weight excluding hydrogens is 362 g/mol. The van der Waals surface area contributed by atoms with Crippen molar-refractivity contribution in [3.63, 3.8) is 0 Å². The van der Waals surface area contributed by atoms with Crippen LogP contribution in [0.4, 0.5) is 0 Å². The van der Waals surface area contributed by atoms with Gasteiger partial charge in [-0.1, -0.05) is 42.5 Å². The van der Waals surface area contributed by atoms with E-state index in [0.717, 1.165) is 53.8 Å². The number of hydrogen-bond donors (Lipinski definition) is 0. The van der Waals surface area contributed by atoms with E-state index in [1.807, 2.05) is 30.9 Å². The molecule has 6 heteroatoms. The van der Waals surface area contributed by atoms with Crippen LogP contribution in [0, 0.1) is 13.8 Å². The summed E-state index contributed by atoms with van der Waals surface area (Å²) in [6.07, 6.45) is 3.28. The number of fused-ring (bicyclic) bond motifs is 2. The van der Waals surface area contributed by atoms with Crippen molar-refractivity contribution in [2.45, 2.75) is 33.1 Å². The number of benzene rings is 2. The molecule has 2 aromatic carbocycles. The van der Waals surface area contributed by atoms with Gasteiger partial charge < -0.3 is 4.90 Å². The van der Waals surface area contributed by atoms with E-state index in [2.05, 4.69) is 40.5 Å². The monoisotopic (exact) mass is 385 g/mol. The van der Waals surface area contributed by atoms with Gasteiger partial charge >= 0.3 is 0 Å². The van der Waals surface area contributed by atoms with E-state index in [0.29, 0.717) is 11.3 Å². The second-order valence-electron chi connectivity index (χ2n) is 7.71. The second kappa shape index (κ2) is 6.95. The van der Waals surface area contributed by atoms with Gasteiger partial charge in [-0.25, -0.2) is 4.52 Å². The van der Waals surface area contributed by atoms with Crippen LogP contribution in [0.15, 0.2) is 42.5 Å². The molecule has 3 heterocycles. The summed E-state index contributed by atoms with van der Waals surface area (Å²) in [5.74, 6) is -0.0449. The number of aryl methyl sites for hydroxylation is 2. The average molecular weight is 385 g/mol. The largest absolute Gasteiger partial charge is 0.337 e. The third kappa shape index (κ3) is 2.87. The van der Waals surface area contributed by atoms with Crippen molar-refractivity contribution in [1.82, 2.24) is 24.7 Å². The van der Waals surface area contributed by atoms with Crippen molar-refractivity contribution < 1.29 is 4.79 Å². The van der Waals surface area contributed by atoms with Crippen molar-refractivity contribution in [1.29, 1.82) is 0 Å². The number of amides is 1. The Morgan fingerprint density at radius 3 is 2.52 bits per heavy atom. The average Bonchev–Trinajstić information content (AvgIpc) is 3.10. The zero-order valence-corrected chi connectivity index (χ0v) is 16.7. The van der Waals surface area contributed by atoms with Gasteiger partial charge in [0.05, 0.1) is 17.0 Å². The van der Waals surface area contributed by atoms with Crippen LogP contribution >= 0.6 is 0 Å². The normalized spacial score (nSPS) is 14.6. The van der Waals surface area contributed by atoms with Crippen molar-refractivity contribution in [3.8, 4) is 11.1 Å². The van der Waals surface area contributed by atoms with E-state index < -0.39 is 0 Å². The molecule has 1 amide bonds. The molecule has 2 aromatic heterocycles. The lowest BCUT2D eigenvalue weighted by Crippen LogP contribution is -2.37. The fourth-order valence-electron chi connectivity index (χ4n) is 4.31. The predicted molar refractivity (Wildman–Crippen MR) is 113 cm³/mol. The van der Waals surface area contributed by atoms with Crippen LogP contribution in [-0.4, -0.2) is 43.7 Å². The van der Waals surface area contributed by atoms with E-state index in [1.165, 1.54) is 11.8 Å². The van der Waals surface area contributed by atoms with Gasteiger partial charge in [-0.2, -0.15) is 5.10 Å². The lowest BCUT2D eigenvalue weighted by atomic mass is 9.98. The van der Waals surface area contributed by atoms with Gasteiger partial charge in [-0.15, -0.1) is 10.2 Å². The number of carbonyl (C=O) groups is 1. The highest BCUT2D eigenvalue weighted by Gasteiger charge is 2.25. The van der Waals surface area contributed by atoms with Crippen LogP contribution < -0.4 is 0 Å². The molecule has 146 valence electrons. The molecule has 29 heavy (non-hydrogen) atoms. The maximum Gasteiger partial charge on any atom is 0.276 e. The Labute approximate surface area is 169 Å². The Morgan fingerprint density at radius 1 is 0.931 bits per heavy atom. The minimum absolute atomic E-state index is 0.0449. The van der Waals surface area contributed by atoms with Gasteiger partial charge in [0.15, 0.2) is 11.3 Å². The van der Waals surface area contributed by atoms with E-state index in [9.17, 15) is 4.79 Å². The van der Waals surface area contributed by atoms with Crippen molar-refractivity contribution in [2.75, 3.05) is 13.1 Å². The molecule has 0 N–H and O–H groups in total. The van der Waals surface area contributed by atoms with E-state index in [-0.39, 0.29) is 5.91 Å². The number of rotatable bonds is 2. The predicted octanol–water partition coefficient (Wildman–Crippen LogP) is 4.19. The topological polar surface area (TPSA) is 63.4 Å².